The Hall–Kier alpha value is -0.850. The van der Waals surface area contributed by atoms with Gasteiger partial charge in [-0.3, -0.25) is 10.4 Å². The number of alkyl halides is 1. The molecule has 0 saturated carbocycles. The van der Waals surface area contributed by atoms with Crippen LogP contribution in [0.25, 0.3) is 0 Å². The van der Waals surface area contributed by atoms with Crippen LogP contribution in [0.15, 0.2) is 18.3 Å². The van der Waals surface area contributed by atoms with Gasteiger partial charge in [-0.25, -0.2) is 0 Å². The van der Waals surface area contributed by atoms with E-state index in [1.54, 1.807) is 0 Å². The van der Waals surface area contributed by atoms with Crippen LogP contribution in [0.5, 0.6) is 0 Å². The van der Waals surface area contributed by atoms with Crippen molar-refractivity contribution in [2.24, 2.45) is 0 Å². The van der Waals surface area contributed by atoms with Crippen LogP contribution in [0, 0.1) is 5.41 Å². The molecule has 0 spiro atoms. The predicted octanol–water partition coefficient (Wildman–Crippen LogP) is 1.92. The molecular formula is C11H15IN4. The highest BCUT2D eigenvalue weighted by molar-refractivity contribution is 14.1. The summed E-state index contributed by atoms with van der Waals surface area (Å²) in [6.07, 6.45) is 1.92. The van der Waals surface area contributed by atoms with Crippen LogP contribution in [0.3, 0.4) is 0 Å². The van der Waals surface area contributed by atoms with Gasteiger partial charge >= 0.3 is 0 Å². The van der Waals surface area contributed by atoms with E-state index >= 15 is 0 Å². The predicted molar refractivity (Wildman–Crippen MR) is 72.8 cm³/mol. The maximum Gasteiger partial charge on any atom is 0.191 e. The summed E-state index contributed by atoms with van der Waals surface area (Å²) in [6.45, 7) is 3.87. The first-order valence-electron chi connectivity index (χ1n) is 5.32. The van der Waals surface area contributed by atoms with Gasteiger partial charge in [0.2, 0.25) is 0 Å². The van der Waals surface area contributed by atoms with E-state index < -0.39 is 0 Å². The molecule has 0 radical (unpaired) electrons. The molecule has 5 heteroatoms. The summed E-state index contributed by atoms with van der Waals surface area (Å²) in [5.74, 6) is 0.519. The number of rotatable bonds is 3. The SMILES string of the molecule is CC(c1ccc(CI)nc1)N1CCNC1=N. The van der Waals surface area contributed by atoms with Gasteiger partial charge in [0, 0.05) is 23.7 Å². The molecule has 0 aliphatic carbocycles. The molecule has 4 nitrogen and oxygen atoms in total. The Balaban J connectivity index is 2.13. The third-order valence-corrected chi connectivity index (χ3v) is 3.65. The van der Waals surface area contributed by atoms with Crippen LogP contribution in [0.2, 0.25) is 0 Å². The summed E-state index contributed by atoms with van der Waals surface area (Å²) < 4.78 is 0.938. The molecule has 2 N–H and O–H groups in total. The summed E-state index contributed by atoms with van der Waals surface area (Å²) in [5.41, 5.74) is 2.27. The minimum Gasteiger partial charge on any atom is -0.355 e. The number of hydrogen-bond acceptors (Lipinski definition) is 2. The third-order valence-electron chi connectivity index (χ3n) is 2.87. The van der Waals surface area contributed by atoms with E-state index in [-0.39, 0.29) is 6.04 Å². The number of hydrogen-bond donors (Lipinski definition) is 2. The third kappa shape index (κ3) is 2.28. The largest absolute Gasteiger partial charge is 0.355 e. The van der Waals surface area contributed by atoms with Gasteiger partial charge in [-0.15, -0.1) is 0 Å². The van der Waals surface area contributed by atoms with Gasteiger partial charge in [-0.1, -0.05) is 28.7 Å². The topological polar surface area (TPSA) is 52.0 Å². The maximum absolute atomic E-state index is 7.76. The van der Waals surface area contributed by atoms with Gasteiger partial charge in [0.1, 0.15) is 0 Å². The zero-order chi connectivity index (χ0) is 11.5. The number of pyridine rings is 1. The second-order valence-corrected chi connectivity index (χ2v) is 4.62. The van der Waals surface area contributed by atoms with Crippen molar-refractivity contribution in [3.05, 3.63) is 29.6 Å². The van der Waals surface area contributed by atoms with Gasteiger partial charge in [0.05, 0.1) is 11.7 Å². The lowest BCUT2D eigenvalue weighted by atomic mass is 10.1. The zero-order valence-electron chi connectivity index (χ0n) is 9.20. The number of nitrogens with one attached hydrogen (secondary N) is 2. The molecule has 1 unspecified atom stereocenters. The van der Waals surface area contributed by atoms with Crippen molar-refractivity contribution < 1.29 is 0 Å². The van der Waals surface area contributed by atoms with Gasteiger partial charge in [-0.05, 0) is 18.6 Å². The summed E-state index contributed by atoms with van der Waals surface area (Å²) in [5, 5.41) is 10.8. The number of guanidine groups is 1. The number of aromatic nitrogens is 1. The van der Waals surface area contributed by atoms with Crippen LogP contribution < -0.4 is 5.32 Å². The van der Waals surface area contributed by atoms with Gasteiger partial charge in [0.25, 0.3) is 0 Å². The fourth-order valence-corrected chi connectivity index (χ4v) is 2.29. The van der Waals surface area contributed by atoms with Crippen molar-refractivity contribution in [3.63, 3.8) is 0 Å². The highest BCUT2D eigenvalue weighted by atomic mass is 127. The highest BCUT2D eigenvalue weighted by Crippen LogP contribution is 2.21. The summed E-state index contributed by atoms with van der Waals surface area (Å²) in [6, 6.07) is 4.39. The molecule has 1 aliphatic heterocycles. The molecule has 2 rings (SSSR count). The molecule has 1 aliphatic rings. The van der Waals surface area contributed by atoms with Gasteiger partial charge in [-0.2, -0.15) is 0 Å². The lowest BCUT2D eigenvalue weighted by Gasteiger charge is -2.24. The molecule has 1 atom stereocenters. The first kappa shape index (κ1) is 11.6. The van der Waals surface area contributed by atoms with E-state index in [1.807, 2.05) is 6.20 Å². The van der Waals surface area contributed by atoms with Crippen molar-refractivity contribution in [3.8, 4) is 0 Å². The van der Waals surface area contributed by atoms with Crippen LogP contribution in [0.4, 0.5) is 0 Å². The molecule has 0 amide bonds. The molecule has 1 aromatic heterocycles. The molecule has 86 valence electrons. The van der Waals surface area contributed by atoms with E-state index in [9.17, 15) is 0 Å². The zero-order valence-corrected chi connectivity index (χ0v) is 11.4. The Bertz CT molecular complexity index is 376. The molecular weight excluding hydrogens is 315 g/mol. The van der Waals surface area contributed by atoms with Crippen molar-refractivity contribution in [2.75, 3.05) is 13.1 Å². The van der Waals surface area contributed by atoms with Gasteiger partial charge < -0.3 is 10.2 Å². The van der Waals surface area contributed by atoms with E-state index in [2.05, 4.69) is 56.8 Å². The average Bonchev–Trinajstić information content (AvgIpc) is 2.75. The highest BCUT2D eigenvalue weighted by Gasteiger charge is 2.22. The molecule has 1 fully saturated rings. The van der Waals surface area contributed by atoms with E-state index in [0.717, 1.165) is 23.2 Å². The van der Waals surface area contributed by atoms with Gasteiger partial charge in [0.15, 0.2) is 5.96 Å². The van der Waals surface area contributed by atoms with Crippen molar-refractivity contribution >= 4 is 28.6 Å². The Labute approximate surface area is 109 Å². The second-order valence-electron chi connectivity index (χ2n) is 3.86. The number of halogens is 1. The maximum atomic E-state index is 7.76. The minimum atomic E-state index is 0.221. The quantitative estimate of drug-likeness (QED) is 0.658. The summed E-state index contributed by atoms with van der Waals surface area (Å²) in [4.78, 5) is 6.45. The Kier molecular flexibility index (Phi) is 3.63. The molecule has 0 aromatic carbocycles. The van der Waals surface area contributed by atoms with Crippen LogP contribution >= 0.6 is 22.6 Å². The standard InChI is InChI=1S/C11H15IN4/c1-8(16-5-4-14-11(16)13)9-2-3-10(6-12)15-7-9/h2-3,7-8H,4-6H2,1H3,(H2,13,14). The first-order valence-corrected chi connectivity index (χ1v) is 6.85. The number of nitrogens with zero attached hydrogens (tertiary/aromatic N) is 2. The summed E-state index contributed by atoms with van der Waals surface area (Å²) >= 11 is 2.31. The lowest BCUT2D eigenvalue weighted by molar-refractivity contribution is 0.367. The fourth-order valence-electron chi connectivity index (χ4n) is 1.84. The van der Waals surface area contributed by atoms with E-state index in [1.165, 1.54) is 5.56 Å². The molecule has 16 heavy (non-hydrogen) atoms. The van der Waals surface area contributed by atoms with Crippen LogP contribution in [0.1, 0.15) is 24.2 Å². The van der Waals surface area contributed by atoms with Crippen molar-refractivity contribution in [1.82, 2.24) is 15.2 Å². The monoisotopic (exact) mass is 330 g/mol. The van der Waals surface area contributed by atoms with Crippen molar-refractivity contribution in [2.45, 2.75) is 17.4 Å². The molecule has 2 heterocycles. The van der Waals surface area contributed by atoms with Crippen molar-refractivity contribution in [1.29, 1.82) is 5.41 Å². The lowest BCUT2D eigenvalue weighted by Crippen LogP contribution is -2.31. The summed E-state index contributed by atoms with van der Waals surface area (Å²) in [7, 11) is 0. The Morgan fingerprint density at radius 2 is 2.44 bits per heavy atom. The van der Waals surface area contributed by atoms with Crippen LogP contribution in [-0.2, 0) is 4.43 Å². The fraction of sp³-hybridized carbons (Fsp3) is 0.455. The molecule has 1 saturated heterocycles. The Morgan fingerprint density at radius 1 is 1.62 bits per heavy atom. The molecule has 0 bridgehead atoms. The smallest absolute Gasteiger partial charge is 0.191 e. The average molecular weight is 330 g/mol. The van der Waals surface area contributed by atoms with E-state index in [0.29, 0.717) is 5.96 Å². The second kappa shape index (κ2) is 4.99. The minimum absolute atomic E-state index is 0.221. The molecule has 1 aromatic rings. The van der Waals surface area contributed by atoms with E-state index in [4.69, 9.17) is 5.41 Å². The normalized spacial score (nSPS) is 17.4. The first-order chi connectivity index (χ1) is 7.72. The van der Waals surface area contributed by atoms with Crippen LogP contribution in [-0.4, -0.2) is 28.9 Å². The Morgan fingerprint density at radius 3 is 2.94 bits per heavy atom.